The van der Waals surface area contributed by atoms with Crippen LogP contribution in [0.5, 0.6) is 0 Å². The largest absolute Gasteiger partial charge is 0.464 e. The van der Waals surface area contributed by atoms with Gasteiger partial charge in [-0.1, -0.05) is 55.0 Å². The summed E-state index contributed by atoms with van der Waals surface area (Å²) >= 11 is 5.69. The molecule has 1 atom stereocenters. The number of benzene rings is 1. The Kier molecular flexibility index (Phi) is 17.6. The van der Waals surface area contributed by atoms with E-state index in [2.05, 4.69) is 10.6 Å². The van der Waals surface area contributed by atoms with E-state index in [9.17, 15) is 14.4 Å². The molecule has 2 N–H and O–H groups in total. The first-order valence-corrected chi connectivity index (χ1v) is 11.3. The van der Waals surface area contributed by atoms with Crippen LogP contribution in [0.15, 0.2) is 48.6 Å². The van der Waals surface area contributed by atoms with Crippen molar-refractivity contribution in [3.63, 3.8) is 0 Å². The lowest BCUT2D eigenvalue weighted by atomic mass is 10.0. The summed E-state index contributed by atoms with van der Waals surface area (Å²) in [5.41, 5.74) is 1.05. The van der Waals surface area contributed by atoms with Gasteiger partial charge in [-0.05, 0) is 50.3 Å². The molecule has 32 heavy (non-hydrogen) atoms. The molecule has 0 radical (unpaired) electrons. The van der Waals surface area contributed by atoms with Crippen LogP contribution in [0.1, 0.15) is 58.9 Å². The SMILES string of the molecule is C/C=C\C.CC(=O)NCc1ccc(Cl)cc1.CC1C/C=C/CCC(=O)NCCOC(=O)C1. The molecule has 178 valence electrons. The predicted molar refractivity (Wildman–Crippen MR) is 130 cm³/mol. The van der Waals surface area contributed by atoms with Crippen molar-refractivity contribution in [1.82, 2.24) is 10.6 Å². The van der Waals surface area contributed by atoms with E-state index in [1.54, 1.807) is 12.1 Å². The minimum Gasteiger partial charge on any atom is -0.464 e. The second-order valence-corrected chi connectivity index (χ2v) is 7.76. The van der Waals surface area contributed by atoms with E-state index in [1.807, 2.05) is 57.2 Å². The Bertz CT molecular complexity index is 726. The minimum absolute atomic E-state index is 0.00740. The smallest absolute Gasteiger partial charge is 0.306 e. The van der Waals surface area contributed by atoms with Gasteiger partial charge in [0.1, 0.15) is 6.61 Å². The normalized spacial score (nSPS) is 18.1. The third-order valence-electron chi connectivity index (χ3n) is 4.23. The summed E-state index contributed by atoms with van der Waals surface area (Å²) in [6.07, 6.45) is 10.6. The van der Waals surface area contributed by atoms with Gasteiger partial charge in [-0.2, -0.15) is 0 Å². The van der Waals surface area contributed by atoms with Crippen molar-refractivity contribution in [2.45, 2.75) is 59.9 Å². The fourth-order valence-corrected chi connectivity index (χ4v) is 2.49. The van der Waals surface area contributed by atoms with Gasteiger partial charge in [-0.15, -0.1) is 0 Å². The van der Waals surface area contributed by atoms with Crippen LogP contribution in [0.4, 0.5) is 0 Å². The number of hydrogen-bond donors (Lipinski definition) is 2. The van der Waals surface area contributed by atoms with Crippen molar-refractivity contribution >= 4 is 29.4 Å². The van der Waals surface area contributed by atoms with E-state index in [1.165, 1.54) is 6.92 Å². The van der Waals surface area contributed by atoms with Gasteiger partial charge in [0.2, 0.25) is 11.8 Å². The molecule has 0 aromatic heterocycles. The highest BCUT2D eigenvalue weighted by Gasteiger charge is 2.09. The maximum atomic E-state index is 11.3. The van der Waals surface area contributed by atoms with Crippen LogP contribution in [0.2, 0.25) is 5.02 Å². The Labute approximate surface area is 197 Å². The Morgan fingerprint density at radius 3 is 2.44 bits per heavy atom. The average Bonchev–Trinajstić information content (AvgIpc) is 2.77. The Hall–Kier alpha value is -2.60. The highest BCUT2D eigenvalue weighted by Crippen LogP contribution is 2.10. The van der Waals surface area contributed by atoms with E-state index in [0.29, 0.717) is 36.9 Å². The predicted octanol–water partition coefficient (Wildman–Crippen LogP) is 4.97. The number of allylic oxidation sites excluding steroid dienone is 4. The second kappa shape index (κ2) is 19.1. The molecule has 1 unspecified atom stereocenters. The van der Waals surface area contributed by atoms with Crippen molar-refractivity contribution in [3.05, 3.63) is 59.2 Å². The molecule has 0 saturated carbocycles. The molecule has 1 aliphatic rings. The van der Waals surface area contributed by atoms with Gasteiger partial charge >= 0.3 is 5.97 Å². The highest BCUT2D eigenvalue weighted by molar-refractivity contribution is 6.30. The Morgan fingerprint density at radius 1 is 1.19 bits per heavy atom. The summed E-state index contributed by atoms with van der Waals surface area (Å²) in [4.78, 5) is 33.1. The molecule has 2 amide bonds. The van der Waals surface area contributed by atoms with E-state index >= 15 is 0 Å². The van der Waals surface area contributed by atoms with Crippen LogP contribution in [0.25, 0.3) is 0 Å². The molecule has 1 aromatic carbocycles. The number of amides is 2. The molecule has 1 heterocycles. The number of hydrogen-bond acceptors (Lipinski definition) is 4. The first-order chi connectivity index (χ1) is 15.3. The molecule has 1 aliphatic heterocycles. The number of esters is 1. The molecular formula is C25H37ClN2O4. The molecule has 0 spiro atoms. The third kappa shape index (κ3) is 18.2. The van der Waals surface area contributed by atoms with E-state index in [0.717, 1.165) is 18.4 Å². The molecule has 0 aliphatic carbocycles. The Morgan fingerprint density at radius 2 is 1.84 bits per heavy atom. The van der Waals surface area contributed by atoms with Crippen molar-refractivity contribution in [2.24, 2.45) is 5.92 Å². The molecular weight excluding hydrogens is 428 g/mol. The zero-order chi connectivity index (χ0) is 24.2. The topological polar surface area (TPSA) is 84.5 Å². The lowest BCUT2D eigenvalue weighted by molar-refractivity contribution is -0.144. The van der Waals surface area contributed by atoms with Crippen LogP contribution >= 0.6 is 11.6 Å². The first-order valence-electron chi connectivity index (χ1n) is 10.9. The number of ether oxygens (including phenoxy) is 1. The van der Waals surface area contributed by atoms with E-state index < -0.39 is 0 Å². The number of nitrogens with one attached hydrogen (secondary N) is 2. The van der Waals surface area contributed by atoms with Crippen LogP contribution < -0.4 is 10.6 Å². The van der Waals surface area contributed by atoms with Crippen molar-refractivity contribution in [3.8, 4) is 0 Å². The lowest BCUT2D eigenvalue weighted by Crippen LogP contribution is -2.27. The van der Waals surface area contributed by atoms with Gasteiger partial charge in [0, 0.05) is 31.3 Å². The van der Waals surface area contributed by atoms with Crippen molar-refractivity contribution in [1.29, 1.82) is 0 Å². The summed E-state index contributed by atoms with van der Waals surface area (Å²) in [6, 6.07) is 7.38. The number of halogens is 1. The highest BCUT2D eigenvalue weighted by atomic mass is 35.5. The Balaban J connectivity index is 0.000000529. The molecule has 0 saturated heterocycles. The quantitative estimate of drug-likeness (QED) is 0.478. The van der Waals surface area contributed by atoms with E-state index in [-0.39, 0.29) is 24.4 Å². The van der Waals surface area contributed by atoms with Crippen molar-refractivity contribution < 1.29 is 19.1 Å². The first kappa shape index (κ1) is 29.4. The second-order valence-electron chi connectivity index (χ2n) is 7.33. The minimum atomic E-state index is -0.186. The number of carbonyl (C=O) groups excluding carboxylic acids is 3. The molecule has 0 bridgehead atoms. The van der Waals surface area contributed by atoms with Crippen LogP contribution in [-0.2, 0) is 25.7 Å². The summed E-state index contributed by atoms with van der Waals surface area (Å²) in [5, 5.41) is 6.11. The number of cyclic esters (lactones) is 1. The van der Waals surface area contributed by atoms with Crippen LogP contribution in [0, 0.1) is 5.92 Å². The number of carbonyl (C=O) groups is 3. The molecule has 7 heteroatoms. The molecule has 0 fully saturated rings. The zero-order valence-corrected chi connectivity index (χ0v) is 20.4. The molecule has 6 nitrogen and oxygen atoms in total. The maximum absolute atomic E-state index is 11.3. The van der Waals surface area contributed by atoms with Gasteiger partial charge in [-0.25, -0.2) is 0 Å². The van der Waals surface area contributed by atoms with Gasteiger partial charge in [0.05, 0.1) is 6.54 Å². The zero-order valence-electron chi connectivity index (χ0n) is 19.7. The van der Waals surface area contributed by atoms with Crippen LogP contribution in [0.3, 0.4) is 0 Å². The third-order valence-corrected chi connectivity index (χ3v) is 4.49. The number of rotatable bonds is 2. The molecule has 2 rings (SSSR count). The van der Waals surface area contributed by atoms with Crippen molar-refractivity contribution in [2.75, 3.05) is 13.2 Å². The van der Waals surface area contributed by atoms with Gasteiger partial charge in [0.15, 0.2) is 0 Å². The summed E-state index contributed by atoms with van der Waals surface area (Å²) < 4.78 is 5.00. The maximum Gasteiger partial charge on any atom is 0.306 e. The lowest BCUT2D eigenvalue weighted by Gasteiger charge is -2.08. The fraction of sp³-hybridized carbons (Fsp3) is 0.480. The average molecular weight is 465 g/mol. The summed E-state index contributed by atoms with van der Waals surface area (Å²) in [5.74, 6) is 0.0977. The van der Waals surface area contributed by atoms with Crippen LogP contribution in [-0.4, -0.2) is 30.9 Å². The summed E-state index contributed by atoms with van der Waals surface area (Å²) in [6.45, 7) is 8.75. The monoisotopic (exact) mass is 464 g/mol. The van der Waals surface area contributed by atoms with Gasteiger partial charge in [-0.3, -0.25) is 14.4 Å². The van der Waals surface area contributed by atoms with E-state index in [4.69, 9.17) is 16.3 Å². The summed E-state index contributed by atoms with van der Waals surface area (Å²) in [7, 11) is 0. The van der Waals surface area contributed by atoms with Gasteiger partial charge in [0.25, 0.3) is 0 Å². The van der Waals surface area contributed by atoms with Gasteiger partial charge < -0.3 is 15.4 Å². The standard InChI is InChI=1S/C12H19NO3.C9H10ClNO.C4H8/c1-10-5-3-2-4-6-11(14)13-7-8-16-12(15)9-10;1-7(12)11-6-8-2-4-9(10)5-3-8;1-3-4-2/h2-3,10H,4-9H2,1H3,(H,13,14);2-5H,6H2,1H3,(H,11,12);3-4H,1-2H3/b3-2+;;4-3-. The molecule has 1 aromatic rings. The fourth-order valence-electron chi connectivity index (χ4n) is 2.36.